The second kappa shape index (κ2) is 9.94. The van der Waals surface area contributed by atoms with Crippen molar-refractivity contribution in [2.24, 2.45) is 0 Å². The van der Waals surface area contributed by atoms with Crippen LogP contribution in [0.3, 0.4) is 0 Å². The predicted octanol–water partition coefficient (Wildman–Crippen LogP) is 3.69. The number of carbonyl (C=O) groups is 1. The molecular weight excluding hydrogens is 428 g/mol. The lowest BCUT2D eigenvalue weighted by Crippen LogP contribution is -2.25. The maximum absolute atomic E-state index is 11.2. The minimum Gasteiger partial charge on any atom is -0.296 e. The summed E-state index contributed by atoms with van der Waals surface area (Å²) in [5.41, 5.74) is 7.75. The lowest BCUT2D eigenvalue weighted by atomic mass is 10.0. The molecule has 5 rings (SSSR count). The van der Waals surface area contributed by atoms with Crippen LogP contribution < -0.4 is 5.48 Å². The Labute approximate surface area is 197 Å². The van der Waals surface area contributed by atoms with E-state index in [2.05, 4.69) is 33.1 Å². The summed E-state index contributed by atoms with van der Waals surface area (Å²) in [5, 5.41) is 13.4. The second-order valence-electron chi connectivity index (χ2n) is 8.37. The lowest BCUT2D eigenvalue weighted by Gasteiger charge is -2.25. The molecule has 1 unspecified atom stereocenters. The molecule has 1 aliphatic heterocycles. The van der Waals surface area contributed by atoms with Crippen molar-refractivity contribution < 1.29 is 10.0 Å². The van der Waals surface area contributed by atoms with Gasteiger partial charge in [0.2, 0.25) is 0 Å². The zero-order valence-corrected chi connectivity index (χ0v) is 18.7. The van der Waals surface area contributed by atoms with Gasteiger partial charge < -0.3 is 0 Å². The molecule has 0 bridgehead atoms. The number of carbonyl (C=O) groups excluding carboxylic acids is 1. The molecule has 0 spiro atoms. The van der Waals surface area contributed by atoms with Gasteiger partial charge in [-0.05, 0) is 55.1 Å². The van der Waals surface area contributed by atoms with Crippen molar-refractivity contribution in [2.75, 3.05) is 13.1 Å². The molecule has 2 N–H and O–H groups in total. The summed E-state index contributed by atoms with van der Waals surface area (Å²) < 4.78 is 1.92. The van der Waals surface area contributed by atoms with E-state index in [0.717, 1.165) is 54.8 Å². The first-order valence-corrected chi connectivity index (χ1v) is 11.4. The van der Waals surface area contributed by atoms with Gasteiger partial charge in [-0.1, -0.05) is 30.3 Å². The Balaban J connectivity index is 1.34. The molecule has 0 radical (unpaired) electrons. The van der Waals surface area contributed by atoms with Crippen molar-refractivity contribution in [3.05, 3.63) is 90.0 Å². The third kappa shape index (κ3) is 4.59. The number of hydrogen-bond acceptors (Lipinski definition) is 6. The Morgan fingerprint density at radius 3 is 2.85 bits per heavy atom. The van der Waals surface area contributed by atoms with Crippen LogP contribution in [0.2, 0.25) is 0 Å². The number of nitrogens with zero attached hydrogens (tertiary/aromatic N) is 5. The van der Waals surface area contributed by atoms with Gasteiger partial charge in [-0.25, -0.2) is 10.00 Å². The highest BCUT2D eigenvalue weighted by Crippen LogP contribution is 2.33. The third-order valence-corrected chi connectivity index (χ3v) is 6.32. The molecule has 4 aromatic rings. The van der Waals surface area contributed by atoms with Gasteiger partial charge in [0.1, 0.15) is 11.4 Å². The average molecular weight is 455 g/mol. The van der Waals surface area contributed by atoms with Crippen LogP contribution in [-0.4, -0.2) is 48.7 Å². The number of hydrogen-bond donors (Lipinski definition) is 2. The molecule has 0 saturated carbocycles. The summed E-state index contributed by atoms with van der Waals surface area (Å²) in [6, 6.07) is 14.7. The minimum absolute atomic E-state index is 0.362. The van der Waals surface area contributed by atoms with Crippen LogP contribution in [0.4, 0.5) is 0 Å². The molecule has 1 atom stereocenters. The first kappa shape index (κ1) is 21.9. The number of pyridine rings is 1. The highest BCUT2D eigenvalue weighted by Gasteiger charge is 2.26. The summed E-state index contributed by atoms with van der Waals surface area (Å²) in [5.74, 6) is -0.542. The van der Waals surface area contributed by atoms with E-state index in [1.165, 1.54) is 17.2 Å². The van der Waals surface area contributed by atoms with Crippen molar-refractivity contribution in [3.8, 4) is 11.4 Å². The Morgan fingerprint density at radius 2 is 2.06 bits per heavy atom. The highest BCUT2D eigenvalue weighted by atomic mass is 16.5. The Kier molecular flexibility index (Phi) is 6.42. The van der Waals surface area contributed by atoms with Gasteiger partial charge in [0.05, 0.1) is 11.7 Å². The number of aromatic nitrogens is 4. The Bertz CT molecular complexity index is 1300. The normalized spacial score (nSPS) is 16.4. The molecular formula is C26H26N6O2. The molecule has 0 aliphatic carbocycles. The summed E-state index contributed by atoms with van der Waals surface area (Å²) >= 11 is 0. The molecule has 3 aromatic heterocycles. The van der Waals surface area contributed by atoms with Crippen LogP contribution in [0.5, 0.6) is 0 Å². The van der Waals surface area contributed by atoms with Gasteiger partial charge in [-0.3, -0.25) is 24.9 Å². The Hall–Kier alpha value is -3.88. The van der Waals surface area contributed by atoms with Gasteiger partial charge >= 0.3 is 0 Å². The molecule has 34 heavy (non-hydrogen) atoms. The molecule has 4 heterocycles. The first-order valence-electron chi connectivity index (χ1n) is 11.4. The standard InChI is InChI=1S/C26H26N6O2/c33-25(30-34)11-8-19-6-9-20(10-7-19)23-5-3-15-31(23)17-12-21-24-4-1-2-16-32(24)29-26(21)22-18-27-13-14-28-22/h1-2,4,6-11,13-14,16,18,23,34H,3,5,12,15,17H2,(H,30,33)/b11-8+. The van der Waals surface area contributed by atoms with Gasteiger partial charge in [-0.2, -0.15) is 5.10 Å². The van der Waals surface area contributed by atoms with Crippen molar-refractivity contribution >= 4 is 17.5 Å². The molecule has 1 aromatic carbocycles. The molecule has 1 aliphatic rings. The predicted molar refractivity (Wildman–Crippen MR) is 129 cm³/mol. The van der Waals surface area contributed by atoms with E-state index in [9.17, 15) is 4.79 Å². The quantitative estimate of drug-likeness (QED) is 0.251. The minimum atomic E-state index is -0.542. The van der Waals surface area contributed by atoms with E-state index in [1.807, 2.05) is 35.0 Å². The van der Waals surface area contributed by atoms with Crippen LogP contribution in [0.1, 0.15) is 35.6 Å². The maximum atomic E-state index is 11.2. The van der Waals surface area contributed by atoms with E-state index in [0.29, 0.717) is 6.04 Å². The van der Waals surface area contributed by atoms with Crippen LogP contribution in [-0.2, 0) is 11.2 Å². The fourth-order valence-electron chi connectivity index (χ4n) is 4.69. The van der Waals surface area contributed by atoms with E-state index < -0.39 is 5.91 Å². The molecule has 172 valence electrons. The second-order valence-corrected chi connectivity index (χ2v) is 8.37. The number of benzene rings is 1. The number of hydroxylamine groups is 1. The Morgan fingerprint density at radius 1 is 1.18 bits per heavy atom. The maximum Gasteiger partial charge on any atom is 0.267 e. The first-order chi connectivity index (χ1) is 16.7. The smallest absolute Gasteiger partial charge is 0.267 e. The number of fused-ring (bicyclic) bond motifs is 1. The highest BCUT2D eigenvalue weighted by molar-refractivity contribution is 5.90. The van der Waals surface area contributed by atoms with Crippen LogP contribution in [0, 0.1) is 0 Å². The fourth-order valence-corrected chi connectivity index (χ4v) is 4.69. The molecule has 1 saturated heterocycles. The summed E-state index contributed by atoms with van der Waals surface area (Å²) in [6.07, 6.45) is 13.3. The fraction of sp³-hybridized carbons (Fsp3) is 0.231. The van der Waals surface area contributed by atoms with Crippen LogP contribution in [0.15, 0.2) is 73.3 Å². The van der Waals surface area contributed by atoms with E-state index >= 15 is 0 Å². The number of rotatable bonds is 7. The average Bonchev–Trinajstić information content (AvgIpc) is 3.51. The van der Waals surface area contributed by atoms with Crippen molar-refractivity contribution in [3.63, 3.8) is 0 Å². The van der Waals surface area contributed by atoms with Crippen molar-refractivity contribution in [1.29, 1.82) is 0 Å². The van der Waals surface area contributed by atoms with E-state index in [1.54, 1.807) is 30.1 Å². The summed E-state index contributed by atoms with van der Waals surface area (Å²) in [4.78, 5) is 22.5. The molecule has 1 fully saturated rings. The largest absolute Gasteiger partial charge is 0.296 e. The zero-order valence-electron chi connectivity index (χ0n) is 18.7. The monoisotopic (exact) mass is 454 g/mol. The van der Waals surface area contributed by atoms with Gasteiger partial charge in [0.25, 0.3) is 5.91 Å². The van der Waals surface area contributed by atoms with E-state index in [-0.39, 0.29) is 0 Å². The van der Waals surface area contributed by atoms with Gasteiger partial charge in [-0.15, -0.1) is 0 Å². The SMILES string of the molecule is O=C(/C=C/c1ccc(C2CCCN2CCc2c(-c3cnccn3)nn3ccccc23)cc1)NO. The number of nitrogens with one attached hydrogen (secondary N) is 1. The third-order valence-electron chi connectivity index (χ3n) is 6.32. The topological polar surface area (TPSA) is 95.7 Å². The molecule has 8 heteroatoms. The number of likely N-dealkylation sites (tertiary alicyclic amines) is 1. The zero-order chi connectivity index (χ0) is 23.3. The summed E-state index contributed by atoms with van der Waals surface area (Å²) in [7, 11) is 0. The molecule has 1 amide bonds. The molecule has 8 nitrogen and oxygen atoms in total. The lowest BCUT2D eigenvalue weighted by molar-refractivity contribution is -0.124. The van der Waals surface area contributed by atoms with E-state index in [4.69, 9.17) is 10.3 Å². The number of amides is 1. The van der Waals surface area contributed by atoms with Gasteiger partial charge in [0.15, 0.2) is 0 Å². The van der Waals surface area contributed by atoms with Crippen molar-refractivity contribution in [2.45, 2.75) is 25.3 Å². The van der Waals surface area contributed by atoms with Crippen LogP contribution >= 0.6 is 0 Å². The van der Waals surface area contributed by atoms with Crippen molar-refractivity contribution in [1.82, 2.24) is 30.0 Å². The van der Waals surface area contributed by atoms with Gasteiger partial charge in [0, 0.05) is 42.8 Å². The summed E-state index contributed by atoms with van der Waals surface area (Å²) in [6.45, 7) is 1.98. The van der Waals surface area contributed by atoms with Crippen LogP contribution in [0.25, 0.3) is 23.0 Å².